The molecule has 1 N–H and O–H groups in total. The van der Waals surface area contributed by atoms with Crippen LogP contribution in [0.25, 0.3) is 0 Å². The maximum Gasteiger partial charge on any atom is 0.277 e. The molecule has 110 valence electrons. The smallest absolute Gasteiger partial charge is 0.277 e. The third-order valence-corrected chi connectivity index (χ3v) is 3.48. The first-order valence-electron chi connectivity index (χ1n) is 6.34. The highest BCUT2D eigenvalue weighted by Crippen LogP contribution is 2.20. The standard InChI is InChI=1S/C14H14BrClN4O/c1-7(2)12-18-6-10(16)11(19-12)14(21)20-13-8(3)4-9(15)5-17-13/h4-7H,1-3H3,(H,17,20,21). The van der Waals surface area contributed by atoms with Crippen LogP contribution < -0.4 is 5.32 Å². The first kappa shape index (κ1) is 15.9. The van der Waals surface area contributed by atoms with Gasteiger partial charge in [-0.05, 0) is 34.5 Å². The third-order valence-electron chi connectivity index (χ3n) is 2.77. The molecule has 21 heavy (non-hydrogen) atoms. The van der Waals surface area contributed by atoms with Crippen LogP contribution in [0.3, 0.4) is 0 Å². The first-order chi connectivity index (χ1) is 9.88. The summed E-state index contributed by atoms with van der Waals surface area (Å²) in [5.41, 5.74) is 0.992. The van der Waals surface area contributed by atoms with Crippen molar-refractivity contribution in [2.24, 2.45) is 0 Å². The van der Waals surface area contributed by atoms with Crippen molar-refractivity contribution < 1.29 is 4.79 Å². The van der Waals surface area contributed by atoms with Crippen molar-refractivity contribution in [2.75, 3.05) is 5.32 Å². The van der Waals surface area contributed by atoms with E-state index < -0.39 is 5.91 Å². The number of aryl methyl sites for hydroxylation is 1. The topological polar surface area (TPSA) is 67.8 Å². The van der Waals surface area contributed by atoms with Crippen LogP contribution in [0.5, 0.6) is 0 Å². The minimum atomic E-state index is -0.401. The highest BCUT2D eigenvalue weighted by Gasteiger charge is 2.17. The molecule has 0 atom stereocenters. The normalized spacial score (nSPS) is 10.8. The number of rotatable bonds is 3. The van der Waals surface area contributed by atoms with Crippen molar-refractivity contribution in [1.82, 2.24) is 15.0 Å². The first-order valence-corrected chi connectivity index (χ1v) is 7.51. The Morgan fingerprint density at radius 1 is 1.33 bits per heavy atom. The predicted molar refractivity (Wildman–Crippen MR) is 85.8 cm³/mol. The number of amides is 1. The van der Waals surface area contributed by atoms with Gasteiger partial charge in [0.2, 0.25) is 0 Å². The van der Waals surface area contributed by atoms with Crippen LogP contribution in [0.2, 0.25) is 5.02 Å². The van der Waals surface area contributed by atoms with E-state index in [0.717, 1.165) is 10.0 Å². The SMILES string of the molecule is Cc1cc(Br)cnc1NC(=O)c1nc(C(C)C)ncc1Cl. The van der Waals surface area contributed by atoms with Gasteiger partial charge in [0, 0.05) is 16.6 Å². The zero-order valence-electron chi connectivity index (χ0n) is 11.8. The van der Waals surface area contributed by atoms with Gasteiger partial charge in [0.05, 0.1) is 11.2 Å². The van der Waals surface area contributed by atoms with Crippen LogP contribution in [-0.2, 0) is 0 Å². The molecule has 0 aliphatic rings. The number of anilines is 1. The van der Waals surface area contributed by atoms with E-state index in [2.05, 4.69) is 36.2 Å². The van der Waals surface area contributed by atoms with Crippen LogP contribution in [0.4, 0.5) is 5.82 Å². The van der Waals surface area contributed by atoms with Gasteiger partial charge in [-0.1, -0.05) is 25.4 Å². The van der Waals surface area contributed by atoms with Gasteiger partial charge < -0.3 is 5.32 Å². The number of hydrogen-bond acceptors (Lipinski definition) is 4. The van der Waals surface area contributed by atoms with Crippen LogP contribution in [0.15, 0.2) is 22.9 Å². The van der Waals surface area contributed by atoms with Crippen molar-refractivity contribution in [3.05, 3.63) is 45.0 Å². The van der Waals surface area contributed by atoms with E-state index in [1.165, 1.54) is 6.20 Å². The van der Waals surface area contributed by atoms with Crippen molar-refractivity contribution in [3.8, 4) is 0 Å². The summed E-state index contributed by atoms with van der Waals surface area (Å²) in [5, 5.41) is 2.93. The fourth-order valence-electron chi connectivity index (χ4n) is 1.66. The van der Waals surface area contributed by atoms with Gasteiger partial charge in [-0.25, -0.2) is 15.0 Å². The van der Waals surface area contributed by atoms with Crippen molar-refractivity contribution in [1.29, 1.82) is 0 Å². The van der Waals surface area contributed by atoms with E-state index in [1.807, 2.05) is 26.8 Å². The molecular formula is C14H14BrClN4O. The van der Waals surface area contributed by atoms with Crippen molar-refractivity contribution in [2.45, 2.75) is 26.7 Å². The Balaban J connectivity index is 2.30. The largest absolute Gasteiger partial charge is 0.305 e. The molecule has 0 aliphatic carbocycles. The molecule has 2 rings (SSSR count). The second-order valence-corrected chi connectivity index (χ2v) is 6.18. The summed E-state index contributed by atoms with van der Waals surface area (Å²) in [6, 6.07) is 1.86. The van der Waals surface area contributed by atoms with Crippen molar-refractivity contribution >= 4 is 39.3 Å². The molecule has 2 heterocycles. The van der Waals surface area contributed by atoms with Gasteiger partial charge in [0.15, 0.2) is 5.69 Å². The molecular weight excluding hydrogens is 356 g/mol. The lowest BCUT2D eigenvalue weighted by molar-refractivity contribution is 0.102. The number of nitrogens with one attached hydrogen (secondary N) is 1. The van der Waals surface area contributed by atoms with Crippen LogP contribution in [-0.4, -0.2) is 20.9 Å². The number of nitrogens with zero attached hydrogens (tertiary/aromatic N) is 3. The molecule has 5 nitrogen and oxygen atoms in total. The molecule has 0 radical (unpaired) electrons. The third kappa shape index (κ3) is 3.77. The summed E-state index contributed by atoms with van der Waals surface area (Å²) in [7, 11) is 0. The molecule has 0 saturated carbocycles. The van der Waals surface area contributed by atoms with Crippen LogP contribution >= 0.6 is 27.5 Å². The van der Waals surface area contributed by atoms with Gasteiger partial charge in [0.1, 0.15) is 11.6 Å². The highest BCUT2D eigenvalue weighted by molar-refractivity contribution is 9.10. The Morgan fingerprint density at radius 2 is 2.05 bits per heavy atom. The van der Waals surface area contributed by atoms with Gasteiger partial charge in [-0.15, -0.1) is 0 Å². The number of hydrogen-bond donors (Lipinski definition) is 1. The Labute approximate surface area is 136 Å². The summed E-state index contributed by atoms with van der Waals surface area (Å²) in [5.74, 6) is 0.762. The molecule has 0 bridgehead atoms. The molecule has 0 fully saturated rings. The quantitative estimate of drug-likeness (QED) is 0.889. The second kappa shape index (κ2) is 6.49. The lowest BCUT2D eigenvalue weighted by atomic mass is 10.2. The monoisotopic (exact) mass is 368 g/mol. The Hall–Kier alpha value is -1.53. The van der Waals surface area contributed by atoms with Crippen LogP contribution in [0.1, 0.15) is 41.6 Å². The summed E-state index contributed by atoms with van der Waals surface area (Å²) in [6.45, 7) is 5.76. The average Bonchev–Trinajstić information content (AvgIpc) is 2.42. The lowest BCUT2D eigenvalue weighted by Crippen LogP contribution is -2.17. The lowest BCUT2D eigenvalue weighted by Gasteiger charge is -2.10. The van der Waals surface area contributed by atoms with E-state index in [9.17, 15) is 4.79 Å². The van der Waals surface area contributed by atoms with Gasteiger partial charge in [-0.3, -0.25) is 4.79 Å². The number of pyridine rings is 1. The maximum atomic E-state index is 12.3. The van der Waals surface area contributed by atoms with Gasteiger partial charge in [0.25, 0.3) is 5.91 Å². The maximum absolute atomic E-state index is 12.3. The molecule has 7 heteroatoms. The van der Waals surface area contributed by atoms with E-state index in [-0.39, 0.29) is 16.6 Å². The Bertz CT molecular complexity index is 691. The number of aromatic nitrogens is 3. The van der Waals surface area contributed by atoms with E-state index >= 15 is 0 Å². The molecule has 0 unspecified atom stereocenters. The average molecular weight is 370 g/mol. The zero-order valence-corrected chi connectivity index (χ0v) is 14.2. The number of carbonyl (C=O) groups excluding carboxylic acids is 1. The molecule has 0 aromatic carbocycles. The molecule has 2 aromatic heterocycles. The zero-order chi connectivity index (χ0) is 15.6. The summed E-state index contributed by atoms with van der Waals surface area (Å²) >= 11 is 9.34. The predicted octanol–water partition coefficient (Wildman–Crippen LogP) is 3.97. The minimum Gasteiger partial charge on any atom is -0.305 e. The van der Waals surface area contributed by atoms with E-state index in [1.54, 1.807) is 6.20 Å². The summed E-state index contributed by atoms with van der Waals surface area (Å²) in [4.78, 5) is 24.8. The van der Waals surface area contributed by atoms with E-state index in [0.29, 0.717) is 11.6 Å². The number of halogens is 2. The fraction of sp³-hybridized carbons (Fsp3) is 0.286. The minimum absolute atomic E-state index is 0.112. The van der Waals surface area contributed by atoms with E-state index in [4.69, 9.17) is 11.6 Å². The van der Waals surface area contributed by atoms with Gasteiger partial charge >= 0.3 is 0 Å². The Kier molecular flexibility index (Phi) is 4.90. The van der Waals surface area contributed by atoms with Crippen molar-refractivity contribution in [3.63, 3.8) is 0 Å². The highest BCUT2D eigenvalue weighted by atomic mass is 79.9. The summed E-state index contributed by atoms with van der Waals surface area (Å²) < 4.78 is 0.847. The molecule has 0 spiro atoms. The molecule has 0 aliphatic heterocycles. The Morgan fingerprint density at radius 3 is 2.67 bits per heavy atom. The van der Waals surface area contributed by atoms with Crippen LogP contribution in [0, 0.1) is 6.92 Å². The molecule has 2 aromatic rings. The fourth-order valence-corrected chi connectivity index (χ4v) is 2.28. The summed E-state index contributed by atoms with van der Waals surface area (Å²) in [6.07, 6.45) is 3.06. The number of carbonyl (C=O) groups is 1. The second-order valence-electron chi connectivity index (χ2n) is 4.85. The van der Waals surface area contributed by atoms with Gasteiger partial charge in [-0.2, -0.15) is 0 Å². The molecule has 1 amide bonds. The molecule has 0 saturated heterocycles.